The van der Waals surface area contributed by atoms with E-state index < -0.39 is 17.7 Å². The van der Waals surface area contributed by atoms with E-state index in [4.69, 9.17) is 0 Å². The van der Waals surface area contributed by atoms with Gasteiger partial charge >= 0.3 is 6.36 Å². The average molecular weight is 237 g/mol. The van der Waals surface area contributed by atoms with E-state index in [9.17, 15) is 22.8 Å². The minimum absolute atomic E-state index is 0.227. The van der Waals surface area contributed by atoms with E-state index in [0.717, 1.165) is 7.11 Å². The number of carbonyl (C=O) groups is 1. The number of aromatic nitrogens is 1. The predicted octanol–water partition coefficient (Wildman–Crippen LogP) is 1.09. The Bertz CT molecular complexity index is 452. The molecule has 0 fully saturated rings. The van der Waals surface area contributed by atoms with Crippen molar-refractivity contribution < 1.29 is 27.4 Å². The first-order chi connectivity index (χ1) is 7.37. The zero-order valence-electron chi connectivity index (χ0n) is 7.92. The molecular formula is C8H6F3NO4. The number of hydrogen-bond acceptors (Lipinski definition) is 4. The Morgan fingerprint density at radius 2 is 2.06 bits per heavy atom. The Kier molecular flexibility index (Phi) is 3.21. The van der Waals surface area contributed by atoms with Crippen molar-refractivity contribution in [3.8, 4) is 11.6 Å². The van der Waals surface area contributed by atoms with Crippen LogP contribution in [-0.4, -0.2) is 24.7 Å². The van der Waals surface area contributed by atoms with Crippen molar-refractivity contribution in [1.29, 1.82) is 0 Å². The molecule has 1 aromatic heterocycles. The molecule has 0 aliphatic rings. The molecule has 0 atom stereocenters. The fraction of sp³-hybridized carbons (Fsp3) is 0.250. The maximum absolute atomic E-state index is 11.8. The second kappa shape index (κ2) is 4.25. The van der Waals surface area contributed by atoms with E-state index in [-0.39, 0.29) is 17.7 Å². The zero-order chi connectivity index (χ0) is 12.3. The fourth-order valence-corrected chi connectivity index (χ4v) is 0.966. The third-order valence-electron chi connectivity index (χ3n) is 1.56. The fourth-order valence-electron chi connectivity index (χ4n) is 0.966. The molecule has 1 aromatic rings. The highest BCUT2D eigenvalue weighted by molar-refractivity contribution is 5.78. The minimum Gasteiger partial charge on any atom is -0.482 e. The van der Waals surface area contributed by atoms with Gasteiger partial charge in [0.25, 0.3) is 5.56 Å². The van der Waals surface area contributed by atoms with Gasteiger partial charge in [0.15, 0.2) is 12.0 Å². The number of carbonyl (C=O) groups excluding carboxylic acids is 1. The average Bonchev–Trinajstić information content (AvgIpc) is 2.18. The van der Waals surface area contributed by atoms with Gasteiger partial charge in [0.05, 0.1) is 12.7 Å². The Hall–Kier alpha value is -1.99. The summed E-state index contributed by atoms with van der Waals surface area (Å²) in [6.07, 6.45) is -4.76. The van der Waals surface area contributed by atoms with Crippen LogP contribution in [0.1, 0.15) is 10.4 Å². The highest BCUT2D eigenvalue weighted by Crippen LogP contribution is 2.22. The number of alkyl halides is 3. The SMILES string of the molecule is COc1[nH]c(=O)c(OC(F)(F)F)cc1C=O. The number of pyridine rings is 1. The van der Waals surface area contributed by atoms with Crippen LogP contribution >= 0.6 is 0 Å². The van der Waals surface area contributed by atoms with Gasteiger partial charge in [-0.2, -0.15) is 0 Å². The van der Waals surface area contributed by atoms with Crippen LogP contribution in [0, 0.1) is 0 Å². The zero-order valence-corrected chi connectivity index (χ0v) is 7.92. The van der Waals surface area contributed by atoms with Crippen LogP contribution < -0.4 is 15.0 Å². The summed E-state index contributed by atoms with van der Waals surface area (Å²) in [5.74, 6) is -1.25. The molecule has 0 radical (unpaired) electrons. The van der Waals surface area contributed by atoms with E-state index in [1.165, 1.54) is 0 Å². The molecule has 0 saturated heterocycles. The van der Waals surface area contributed by atoms with Crippen LogP contribution in [0.3, 0.4) is 0 Å². The summed E-state index contributed by atoms with van der Waals surface area (Å²) in [5, 5.41) is 0. The standard InChI is InChI=1S/C8H6F3NO4/c1-15-7-4(3-13)2-5(6(14)12-7)16-8(9,10)11/h2-3H,1H3,(H,12,14). The summed E-state index contributed by atoms with van der Waals surface area (Å²) >= 11 is 0. The summed E-state index contributed by atoms with van der Waals surface area (Å²) in [6, 6.07) is 0.651. The summed E-state index contributed by atoms with van der Waals surface area (Å²) in [7, 11) is 1.16. The van der Waals surface area contributed by atoms with E-state index in [2.05, 4.69) is 9.47 Å². The Morgan fingerprint density at radius 3 is 2.50 bits per heavy atom. The predicted molar refractivity (Wildman–Crippen MR) is 45.7 cm³/mol. The molecular weight excluding hydrogens is 231 g/mol. The Morgan fingerprint density at radius 1 is 1.44 bits per heavy atom. The second-order valence-corrected chi connectivity index (χ2v) is 2.62. The Labute approximate surface area is 86.8 Å². The number of methoxy groups -OCH3 is 1. The molecule has 0 aliphatic carbocycles. The molecule has 16 heavy (non-hydrogen) atoms. The van der Waals surface area contributed by atoms with Crippen LogP contribution in [0.2, 0.25) is 0 Å². The molecule has 0 unspecified atom stereocenters. The lowest BCUT2D eigenvalue weighted by molar-refractivity contribution is -0.275. The van der Waals surface area contributed by atoms with Gasteiger partial charge in [-0.25, -0.2) is 0 Å². The normalized spacial score (nSPS) is 11.0. The molecule has 0 aliphatic heterocycles. The molecule has 1 heterocycles. The van der Waals surface area contributed by atoms with Gasteiger partial charge in [-0.3, -0.25) is 14.6 Å². The highest BCUT2D eigenvalue weighted by atomic mass is 19.4. The second-order valence-electron chi connectivity index (χ2n) is 2.62. The molecule has 0 amide bonds. The number of aromatic amines is 1. The number of aldehydes is 1. The quantitative estimate of drug-likeness (QED) is 0.799. The third-order valence-corrected chi connectivity index (χ3v) is 1.56. The van der Waals surface area contributed by atoms with Crippen LogP contribution in [0.4, 0.5) is 13.2 Å². The largest absolute Gasteiger partial charge is 0.573 e. The number of ether oxygens (including phenoxy) is 2. The van der Waals surface area contributed by atoms with Crippen molar-refractivity contribution in [2.24, 2.45) is 0 Å². The first-order valence-corrected chi connectivity index (χ1v) is 3.89. The van der Waals surface area contributed by atoms with Gasteiger partial charge in [0.1, 0.15) is 0 Å². The lowest BCUT2D eigenvalue weighted by Crippen LogP contribution is -2.23. The number of hydrogen-bond donors (Lipinski definition) is 1. The van der Waals surface area contributed by atoms with E-state index in [0.29, 0.717) is 6.07 Å². The first kappa shape index (κ1) is 12.1. The molecule has 1 N–H and O–H groups in total. The molecule has 1 rings (SSSR count). The molecule has 0 aromatic carbocycles. The minimum atomic E-state index is -5.00. The molecule has 5 nitrogen and oxygen atoms in total. The van der Waals surface area contributed by atoms with Crippen LogP contribution in [0.15, 0.2) is 10.9 Å². The van der Waals surface area contributed by atoms with Crippen molar-refractivity contribution in [2.45, 2.75) is 6.36 Å². The topological polar surface area (TPSA) is 68.4 Å². The lowest BCUT2D eigenvalue weighted by atomic mass is 10.3. The van der Waals surface area contributed by atoms with Crippen LogP contribution in [-0.2, 0) is 0 Å². The molecule has 8 heteroatoms. The van der Waals surface area contributed by atoms with Crippen molar-refractivity contribution >= 4 is 6.29 Å². The van der Waals surface area contributed by atoms with E-state index in [1.807, 2.05) is 4.98 Å². The lowest BCUT2D eigenvalue weighted by Gasteiger charge is -2.09. The van der Waals surface area contributed by atoms with Gasteiger partial charge in [-0.05, 0) is 0 Å². The maximum Gasteiger partial charge on any atom is 0.573 e. The van der Waals surface area contributed by atoms with Crippen molar-refractivity contribution in [3.05, 3.63) is 22.0 Å². The summed E-state index contributed by atoms with van der Waals surface area (Å²) in [6.45, 7) is 0. The van der Waals surface area contributed by atoms with Crippen molar-refractivity contribution in [3.63, 3.8) is 0 Å². The smallest absolute Gasteiger partial charge is 0.482 e. The molecule has 0 spiro atoms. The highest BCUT2D eigenvalue weighted by Gasteiger charge is 2.32. The van der Waals surface area contributed by atoms with Gasteiger partial charge in [0, 0.05) is 6.07 Å². The van der Waals surface area contributed by atoms with Crippen molar-refractivity contribution in [1.82, 2.24) is 4.98 Å². The van der Waals surface area contributed by atoms with Gasteiger partial charge in [-0.15, -0.1) is 13.2 Å². The number of rotatable bonds is 3. The number of halogens is 3. The summed E-state index contributed by atoms with van der Waals surface area (Å²) in [5.41, 5.74) is -1.39. The number of H-pyrrole nitrogens is 1. The van der Waals surface area contributed by atoms with Crippen LogP contribution in [0.5, 0.6) is 11.6 Å². The van der Waals surface area contributed by atoms with Gasteiger partial charge in [0.2, 0.25) is 5.88 Å². The maximum atomic E-state index is 11.8. The van der Waals surface area contributed by atoms with Gasteiger partial charge in [-0.1, -0.05) is 0 Å². The summed E-state index contributed by atoms with van der Waals surface area (Å²) < 4.78 is 43.5. The molecule has 88 valence electrons. The number of nitrogens with one attached hydrogen (secondary N) is 1. The first-order valence-electron chi connectivity index (χ1n) is 3.89. The van der Waals surface area contributed by atoms with Gasteiger partial charge < -0.3 is 9.47 Å². The Balaban J connectivity index is 3.22. The summed E-state index contributed by atoms with van der Waals surface area (Å²) in [4.78, 5) is 23.5. The van der Waals surface area contributed by atoms with E-state index >= 15 is 0 Å². The molecule has 0 bridgehead atoms. The third kappa shape index (κ3) is 2.75. The van der Waals surface area contributed by atoms with Crippen molar-refractivity contribution in [2.75, 3.05) is 7.11 Å². The van der Waals surface area contributed by atoms with Crippen LogP contribution in [0.25, 0.3) is 0 Å². The molecule has 0 saturated carbocycles. The van der Waals surface area contributed by atoms with E-state index in [1.54, 1.807) is 0 Å². The monoisotopic (exact) mass is 237 g/mol.